The molecule has 1 aliphatic heterocycles. The van der Waals surface area contributed by atoms with Gasteiger partial charge in [-0.25, -0.2) is 0 Å². The summed E-state index contributed by atoms with van der Waals surface area (Å²) in [5.74, 6) is -0.0439. The Morgan fingerprint density at radius 2 is 1.97 bits per heavy atom. The minimum Gasteiger partial charge on any atom is -0.357 e. The Bertz CT molecular complexity index is 1100. The maximum Gasteiger partial charge on any atom is 0.260 e. The van der Waals surface area contributed by atoms with Crippen LogP contribution in [0.5, 0.6) is 0 Å². The van der Waals surface area contributed by atoms with Gasteiger partial charge in [0.2, 0.25) is 0 Å². The lowest BCUT2D eigenvalue weighted by molar-refractivity contribution is -0.116. The maximum absolute atomic E-state index is 12.6. The van der Waals surface area contributed by atoms with Gasteiger partial charge in [0.15, 0.2) is 5.50 Å². The second-order valence-corrected chi connectivity index (χ2v) is 8.24. The van der Waals surface area contributed by atoms with Crippen LogP contribution in [0.3, 0.4) is 0 Å². The summed E-state index contributed by atoms with van der Waals surface area (Å²) in [4.78, 5) is 13.3. The predicted octanol–water partition coefficient (Wildman–Crippen LogP) is 5.30. The van der Waals surface area contributed by atoms with E-state index in [1.165, 1.54) is 17.3 Å². The van der Waals surface area contributed by atoms with Gasteiger partial charge >= 0.3 is 0 Å². The molecule has 2 N–H and O–H groups in total. The smallest absolute Gasteiger partial charge is 0.260 e. The number of amides is 1. The van der Waals surface area contributed by atoms with Crippen LogP contribution in [0, 0.1) is 6.92 Å². The zero-order valence-corrected chi connectivity index (χ0v) is 17.6. The van der Waals surface area contributed by atoms with Gasteiger partial charge in [-0.1, -0.05) is 55.1 Å². The van der Waals surface area contributed by atoms with Crippen LogP contribution in [0.1, 0.15) is 23.7 Å². The molecule has 1 aliphatic rings. The minimum absolute atomic E-state index is 0.0439. The van der Waals surface area contributed by atoms with Crippen molar-refractivity contribution in [3.8, 4) is 0 Å². The number of allylic oxidation sites excluding steroid dienone is 1. The third-order valence-electron chi connectivity index (χ3n) is 5.26. The van der Waals surface area contributed by atoms with E-state index in [0.29, 0.717) is 0 Å². The highest BCUT2D eigenvalue weighted by molar-refractivity contribution is 8.05. The minimum atomic E-state index is -0.178. The zero-order valence-electron chi connectivity index (χ0n) is 16.7. The van der Waals surface area contributed by atoms with Gasteiger partial charge in [0.1, 0.15) is 0 Å². The van der Waals surface area contributed by atoms with Crippen molar-refractivity contribution in [2.45, 2.75) is 32.3 Å². The number of benzene rings is 2. The second kappa shape index (κ2) is 8.21. The van der Waals surface area contributed by atoms with Crippen molar-refractivity contribution in [2.75, 3.05) is 5.32 Å². The normalized spacial score (nSPS) is 17.7. The molecular formula is C24H25N3OS. The molecule has 0 bridgehead atoms. The molecule has 1 fully saturated rings. The molecule has 2 aromatic carbocycles. The number of carbonyl (C=O) groups is 1. The van der Waals surface area contributed by atoms with Crippen LogP contribution < -0.4 is 10.6 Å². The Morgan fingerprint density at radius 1 is 1.21 bits per heavy atom. The Kier molecular flexibility index (Phi) is 5.49. The first-order valence-corrected chi connectivity index (χ1v) is 10.7. The number of carbonyl (C=O) groups excluding carboxylic acids is 1. The maximum atomic E-state index is 12.6. The molecule has 1 amide bonds. The van der Waals surface area contributed by atoms with E-state index < -0.39 is 0 Å². The van der Waals surface area contributed by atoms with Gasteiger partial charge in [-0.05, 0) is 43.2 Å². The highest BCUT2D eigenvalue weighted by Crippen LogP contribution is 2.34. The average Bonchev–Trinajstić information content (AvgIpc) is 3.21. The Morgan fingerprint density at radius 3 is 2.69 bits per heavy atom. The Balaban J connectivity index is 1.61. The average molecular weight is 404 g/mol. The number of para-hydroxylation sites is 1. The van der Waals surface area contributed by atoms with E-state index in [9.17, 15) is 4.79 Å². The van der Waals surface area contributed by atoms with Gasteiger partial charge in [0.25, 0.3) is 5.91 Å². The van der Waals surface area contributed by atoms with Gasteiger partial charge in [-0.2, -0.15) is 0 Å². The van der Waals surface area contributed by atoms with Gasteiger partial charge in [0, 0.05) is 34.4 Å². The lowest BCUT2D eigenvalue weighted by atomic mass is 10.1. The van der Waals surface area contributed by atoms with E-state index in [-0.39, 0.29) is 11.4 Å². The zero-order chi connectivity index (χ0) is 20.4. The second-order valence-electron chi connectivity index (χ2n) is 7.09. The number of hydrogen-bond acceptors (Lipinski definition) is 3. The first-order chi connectivity index (χ1) is 14.1. The van der Waals surface area contributed by atoms with Crippen LogP contribution in [-0.2, 0) is 17.8 Å². The molecule has 0 radical (unpaired) electrons. The van der Waals surface area contributed by atoms with Crippen LogP contribution in [0.15, 0.2) is 66.1 Å². The van der Waals surface area contributed by atoms with E-state index in [0.717, 1.165) is 45.7 Å². The number of hydrogen-bond donors (Lipinski definition) is 2. The summed E-state index contributed by atoms with van der Waals surface area (Å²) in [5, 5.41) is 7.56. The molecule has 0 saturated carbocycles. The van der Waals surface area contributed by atoms with Crippen molar-refractivity contribution in [3.63, 3.8) is 0 Å². The lowest BCUT2D eigenvalue weighted by Crippen LogP contribution is -2.30. The highest BCUT2D eigenvalue weighted by atomic mass is 32.2. The molecule has 2 heterocycles. The summed E-state index contributed by atoms with van der Waals surface area (Å²) in [7, 11) is 0. The van der Waals surface area contributed by atoms with Gasteiger partial charge in [-0.3, -0.25) is 4.79 Å². The number of rotatable bonds is 6. The van der Waals surface area contributed by atoms with E-state index in [1.54, 1.807) is 0 Å². The van der Waals surface area contributed by atoms with Crippen molar-refractivity contribution < 1.29 is 4.79 Å². The van der Waals surface area contributed by atoms with Gasteiger partial charge < -0.3 is 15.2 Å². The fraction of sp³-hybridized carbons (Fsp3) is 0.208. The van der Waals surface area contributed by atoms with Crippen molar-refractivity contribution in [2.24, 2.45) is 0 Å². The van der Waals surface area contributed by atoms with Crippen LogP contribution in [0.4, 0.5) is 5.69 Å². The van der Waals surface area contributed by atoms with E-state index in [1.807, 2.05) is 24.3 Å². The number of thioether (sulfide) groups is 1. The molecule has 4 nitrogen and oxygen atoms in total. The van der Waals surface area contributed by atoms with E-state index in [2.05, 4.69) is 72.0 Å². The van der Waals surface area contributed by atoms with Crippen molar-refractivity contribution in [1.82, 2.24) is 9.88 Å². The summed E-state index contributed by atoms with van der Waals surface area (Å²) in [6.45, 7) is 8.85. The van der Waals surface area contributed by atoms with Crippen LogP contribution in [-0.4, -0.2) is 16.0 Å². The molecule has 0 spiro atoms. The summed E-state index contributed by atoms with van der Waals surface area (Å²) in [6.07, 6.45) is 4.93. The van der Waals surface area contributed by atoms with Crippen molar-refractivity contribution >= 4 is 40.3 Å². The number of aromatic nitrogens is 1. The molecule has 0 aliphatic carbocycles. The third kappa shape index (κ3) is 3.83. The molecule has 1 atom stereocenters. The summed E-state index contributed by atoms with van der Waals surface area (Å²) in [6, 6.07) is 16.6. The molecule has 148 valence electrons. The van der Waals surface area contributed by atoms with Gasteiger partial charge in [-0.15, -0.1) is 6.58 Å². The monoisotopic (exact) mass is 403 g/mol. The number of nitrogens with zero attached hydrogens (tertiary/aromatic N) is 1. The fourth-order valence-corrected chi connectivity index (χ4v) is 4.66. The quantitative estimate of drug-likeness (QED) is 0.434. The molecule has 5 heteroatoms. The van der Waals surface area contributed by atoms with Crippen LogP contribution in [0.2, 0.25) is 0 Å². The SMILES string of the molecule is C=CCn1c(C)c(/C=C2\S[C@@H](Nc3ccc(CC)cc3)NC2=O)c2ccccc21. The van der Waals surface area contributed by atoms with Crippen molar-refractivity contribution in [1.29, 1.82) is 0 Å². The number of nitrogens with one attached hydrogen (secondary N) is 2. The molecule has 1 aromatic heterocycles. The molecule has 0 unspecified atom stereocenters. The molecular weight excluding hydrogens is 378 g/mol. The summed E-state index contributed by atoms with van der Waals surface area (Å²) in [5.41, 5.74) is 5.51. The first kappa shape index (κ1) is 19.4. The third-order valence-corrected chi connectivity index (χ3v) is 6.29. The first-order valence-electron chi connectivity index (χ1n) is 9.84. The standard InChI is InChI=1S/C24H25N3OS/c1-4-14-27-16(3)20(19-8-6-7-9-21(19)27)15-22-23(28)26-24(29-22)25-18-12-10-17(5-2)11-13-18/h4,6-13,15,24-25H,1,5,14H2,2-3H3,(H,26,28)/b22-15-/t24-/m0/s1. The Labute approximate surface area is 175 Å². The summed E-state index contributed by atoms with van der Waals surface area (Å²) < 4.78 is 2.23. The van der Waals surface area contributed by atoms with Crippen LogP contribution >= 0.6 is 11.8 Å². The largest absolute Gasteiger partial charge is 0.357 e. The van der Waals surface area contributed by atoms with Gasteiger partial charge in [0.05, 0.1) is 4.91 Å². The van der Waals surface area contributed by atoms with Crippen molar-refractivity contribution in [3.05, 3.63) is 82.9 Å². The highest BCUT2D eigenvalue weighted by Gasteiger charge is 2.28. The lowest BCUT2D eigenvalue weighted by Gasteiger charge is -2.12. The van der Waals surface area contributed by atoms with E-state index >= 15 is 0 Å². The topological polar surface area (TPSA) is 46.1 Å². The molecule has 3 aromatic rings. The summed E-state index contributed by atoms with van der Waals surface area (Å²) >= 11 is 1.52. The molecule has 1 saturated heterocycles. The molecule has 4 rings (SSSR count). The number of fused-ring (bicyclic) bond motifs is 1. The Hall–Kier alpha value is -2.92. The van der Waals surface area contributed by atoms with E-state index in [4.69, 9.17) is 0 Å². The number of anilines is 1. The predicted molar refractivity (Wildman–Crippen MR) is 124 cm³/mol. The molecule has 29 heavy (non-hydrogen) atoms. The number of aryl methyl sites for hydroxylation is 1. The van der Waals surface area contributed by atoms with Crippen LogP contribution in [0.25, 0.3) is 17.0 Å². The fourth-order valence-electron chi connectivity index (χ4n) is 3.69.